The molecule has 0 radical (unpaired) electrons. The Balaban J connectivity index is 1.36. The number of rotatable bonds is 5. The molecule has 9 heteroatoms. The molecule has 0 aliphatic carbocycles. The molecule has 3 heterocycles. The number of amides is 1. The maximum atomic E-state index is 12.2. The summed E-state index contributed by atoms with van der Waals surface area (Å²) in [7, 11) is 0. The molecule has 27 heavy (non-hydrogen) atoms. The van der Waals surface area contributed by atoms with Crippen LogP contribution in [0.5, 0.6) is 0 Å². The van der Waals surface area contributed by atoms with Crippen molar-refractivity contribution in [1.82, 2.24) is 15.4 Å². The van der Waals surface area contributed by atoms with Gasteiger partial charge in [-0.05, 0) is 19.1 Å². The fourth-order valence-electron chi connectivity index (χ4n) is 2.70. The fourth-order valence-corrected chi connectivity index (χ4v) is 4.49. The third kappa shape index (κ3) is 4.32. The van der Waals surface area contributed by atoms with Crippen LogP contribution >= 0.6 is 22.7 Å². The molecule has 1 N–H and O–H groups in total. The Labute approximate surface area is 164 Å². The van der Waals surface area contributed by atoms with Crippen LogP contribution in [0.2, 0.25) is 0 Å². The first-order valence-electron chi connectivity index (χ1n) is 8.65. The maximum absolute atomic E-state index is 12.2. The van der Waals surface area contributed by atoms with Crippen molar-refractivity contribution in [2.45, 2.75) is 13.3 Å². The highest BCUT2D eigenvalue weighted by molar-refractivity contribution is 7.20. The molecule has 1 amide bonds. The highest BCUT2D eigenvalue weighted by Crippen LogP contribution is 2.23. The van der Waals surface area contributed by atoms with E-state index in [-0.39, 0.29) is 12.3 Å². The van der Waals surface area contributed by atoms with E-state index in [1.807, 2.05) is 36.6 Å². The Hall–Kier alpha value is -2.36. The smallest absolute Gasteiger partial charge is 0.246 e. The molecule has 1 aromatic carbocycles. The second-order valence-corrected chi connectivity index (χ2v) is 7.98. The Morgan fingerprint density at radius 1 is 1.30 bits per heavy atom. The van der Waals surface area contributed by atoms with Crippen molar-refractivity contribution >= 4 is 49.6 Å². The number of nitrogens with one attached hydrogen (secondary N) is 1. The van der Waals surface area contributed by atoms with Gasteiger partial charge in [0.25, 0.3) is 0 Å². The van der Waals surface area contributed by atoms with Gasteiger partial charge in [-0.1, -0.05) is 12.1 Å². The summed E-state index contributed by atoms with van der Waals surface area (Å²) in [4.78, 5) is 23.5. The van der Waals surface area contributed by atoms with E-state index in [2.05, 4.69) is 25.4 Å². The first kappa shape index (κ1) is 18.0. The lowest BCUT2D eigenvalue weighted by Gasteiger charge is -2.26. The number of hydrogen-bond donors (Lipinski definition) is 1. The predicted octanol–water partition coefficient (Wildman–Crippen LogP) is 2.67. The topological polar surface area (TPSA) is 79.7 Å². The number of fused-ring (bicyclic) bond motifs is 1. The Kier molecular flexibility index (Phi) is 5.42. The summed E-state index contributed by atoms with van der Waals surface area (Å²) in [5, 5.41) is 7.87. The lowest BCUT2D eigenvalue weighted by atomic mass is 10.3. The third-order valence-corrected chi connectivity index (χ3v) is 6.21. The molecule has 0 bridgehead atoms. The molecular weight excluding hydrogens is 382 g/mol. The average Bonchev–Trinajstić information content (AvgIpc) is 3.33. The number of morpholine rings is 1. The maximum Gasteiger partial charge on any atom is 0.246 e. The molecule has 2 aromatic heterocycles. The summed E-state index contributed by atoms with van der Waals surface area (Å²) in [6.07, 6.45) is 0.206. The minimum Gasteiger partial charge on any atom is -0.378 e. The van der Waals surface area contributed by atoms with Crippen LogP contribution in [0.1, 0.15) is 17.6 Å². The van der Waals surface area contributed by atoms with Crippen molar-refractivity contribution in [3.8, 4) is 0 Å². The first-order chi connectivity index (χ1) is 13.2. The van der Waals surface area contributed by atoms with Gasteiger partial charge in [-0.3, -0.25) is 4.79 Å². The van der Waals surface area contributed by atoms with Crippen LogP contribution in [0.3, 0.4) is 0 Å². The number of para-hydroxylation sites is 1. The minimum atomic E-state index is -0.186. The number of nitrogens with zero attached hydrogens (tertiary/aromatic N) is 4. The molecule has 3 aromatic rings. The van der Waals surface area contributed by atoms with Crippen molar-refractivity contribution in [3.05, 3.63) is 40.3 Å². The van der Waals surface area contributed by atoms with Crippen LogP contribution in [0.15, 0.2) is 34.7 Å². The van der Waals surface area contributed by atoms with E-state index in [9.17, 15) is 4.79 Å². The van der Waals surface area contributed by atoms with Gasteiger partial charge in [-0.15, -0.1) is 22.7 Å². The summed E-state index contributed by atoms with van der Waals surface area (Å²) in [5.41, 5.74) is 5.00. The second-order valence-electron chi connectivity index (χ2n) is 6.12. The van der Waals surface area contributed by atoms with E-state index in [0.717, 1.165) is 52.4 Å². The zero-order chi connectivity index (χ0) is 18.6. The number of carbonyl (C=O) groups excluding carboxylic acids is 1. The fraction of sp³-hybridized carbons (Fsp3) is 0.333. The lowest BCUT2D eigenvalue weighted by Crippen LogP contribution is -2.36. The number of carbonyl (C=O) groups is 1. The normalized spacial score (nSPS) is 15.3. The van der Waals surface area contributed by atoms with Crippen molar-refractivity contribution in [3.63, 3.8) is 0 Å². The van der Waals surface area contributed by atoms with Gasteiger partial charge in [-0.2, -0.15) is 5.10 Å². The molecule has 0 spiro atoms. The van der Waals surface area contributed by atoms with Crippen LogP contribution in [0.25, 0.3) is 10.2 Å². The summed E-state index contributed by atoms with van der Waals surface area (Å²) in [6, 6.07) is 7.93. The molecule has 0 atom stereocenters. The zero-order valence-electron chi connectivity index (χ0n) is 14.8. The van der Waals surface area contributed by atoms with Crippen molar-refractivity contribution in [1.29, 1.82) is 0 Å². The van der Waals surface area contributed by atoms with Crippen molar-refractivity contribution < 1.29 is 9.53 Å². The van der Waals surface area contributed by atoms with Gasteiger partial charge in [0.2, 0.25) is 5.91 Å². The molecule has 1 saturated heterocycles. The second kappa shape index (κ2) is 8.12. The average molecular weight is 402 g/mol. The number of ether oxygens (including phenoxy) is 1. The molecule has 140 valence electrons. The van der Waals surface area contributed by atoms with E-state index in [1.54, 1.807) is 22.7 Å². The molecule has 4 rings (SSSR count). The number of hydrazone groups is 1. The monoisotopic (exact) mass is 401 g/mol. The number of hydrogen-bond acceptors (Lipinski definition) is 8. The largest absolute Gasteiger partial charge is 0.378 e. The Morgan fingerprint density at radius 3 is 2.93 bits per heavy atom. The number of anilines is 1. The van der Waals surface area contributed by atoms with Crippen molar-refractivity contribution in [2.75, 3.05) is 31.2 Å². The number of thiazole rings is 2. The SMILES string of the molecule is C/C(=N/NC(=O)Cc1csc(N2CCOCC2)n1)c1nc2ccccc2s1. The van der Waals surface area contributed by atoms with Gasteiger partial charge < -0.3 is 9.64 Å². The highest BCUT2D eigenvalue weighted by Gasteiger charge is 2.16. The standard InChI is InChI=1S/C18H19N5O2S2/c1-12(17-20-14-4-2-3-5-15(14)27-17)21-22-16(24)10-13-11-26-18(19-13)23-6-8-25-9-7-23/h2-5,11H,6-10H2,1H3,(H,22,24)/b21-12-. The molecule has 1 fully saturated rings. The van der Waals surface area contributed by atoms with Gasteiger partial charge in [0, 0.05) is 18.5 Å². The number of aromatic nitrogens is 2. The van der Waals surface area contributed by atoms with Crippen LogP contribution < -0.4 is 10.3 Å². The molecule has 7 nitrogen and oxygen atoms in total. The van der Waals surface area contributed by atoms with Crippen LogP contribution in [0, 0.1) is 0 Å². The number of benzene rings is 1. The summed E-state index contributed by atoms with van der Waals surface area (Å²) >= 11 is 3.12. The lowest BCUT2D eigenvalue weighted by molar-refractivity contribution is -0.120. The molecule has 1 aliphatic heterocycles. The van der Waals surface area contributed by atoms with Gasteiger partial charge in [0.15, 0.2) is 5.13 Å². The van der Waals surface area contributed by atoms with Crippen LogP contribution in [0.4, 0.5) is 5.13 Å². The minimum absolute atomic E-state index is 0.186. The van der Waals surface area contributed by atoms with Gasteiger partial charge in [0.05, 0.1) is 41.3 Å². The van der Waals surface area contributed by atoms with Gasteiger partial charge in [0.1, 0.15) is 5.01 Å². The van der Waals surface area contributed by atoms with Gasteiger partial charge >= 0.3 is 0 Å². The molecule has 1 aliphatic rings. The predicted molar refractivity (Wildman–Crippen MR) is 109 cm³/mol. The summed E-state index contributed by atoms with van der Waals surface area (Å²) in [5.74, 6) is -0.186. The van der Waals surface area contributed by atoms with E-state index >= 15 is 0 Å². The van der Waals surface area contributed by atoms with E-state index in [0.29, 0.717) is 5.71 Å². The first-order valence-corrected chi connectivity index (χ1v) is 10.3. The molecular formula is C18H19N5O2S2. The molecule has 0 saturated carbocycles. The quantitative estimate of drug-likeness (QED) is 0.525. The van der Waals surface area contributed by atoms with E-state index in [4.69, 9.17) is 4.74 Å². The zero-order valence-corrected chi connectivity index (χ0v) is 16.5. The highest BCUT2D eigenvalue weighted by atomic mass is 32.1. The van der Waals surface area contributed by atoms with Gasteiger partial charge in [-0.25, -0.2) is 15.4 Å². The van der Waals surface area contributed by atoms with E-state index in [1.165, 1.54) is 0 Å². The molecule has 0 unspecified atom stereocenters. The van der Waals surface area contributed by atoms with E-state index < -0.39 is 0 Å². The van der Waals surface area contributed by atoms with Crippen LogP contribution in [-0.2, 0) is 16.0 Å². The Bertz CT molecular complexity index is 942. The van der Waals surface area contributed by atoms with Crippen LogP contribution in [-0.4, -0.2) is 47.9 Å². The van der Waals surface area contributed by atoms with Crippen molar-refractivity contribution in [2.24, 2.45) is 5.10 Å². The third-order valence-electron chi connectivity index (χ3n) is 4.11. The Morgan fingerprint density at radius 2 is 2.11 bits per heavy atom. The summed E-state index contributed by atoms with van der Waals surface area (Å²) < 4.78 is 6.46. The summed E-state index contributed by atoms with van der Waals surface area (Å²) in [6.45, 7) is 4.96.